The number of carbonyl (C=O) groups is 5. The monoisotopic (exact) mass is 510 g/mol. The molecule has 11 heteroatoms. The molecule has 0 bridgehead atoms. The van der Waals surface area contributed by atoms with Crippen LogP contribution in [0.15, 0.2) is 40.8 Å². The van der Waals surface area contributed by atoms with E-state index in [-0.39, 0.29) is 45.1 Å². The van der Waals surface area contributed by atoms with E-state index in [0.29, 0.717) is 5.56 Å². The molecule has 2 aromatic carbocycles. The van der Waals surface area contributed by atoms with E-state index in [4.69, 9.17) is 23.4 Å². The first kappa shape index (κ1) is 26.7. The van der Waals surface area contributed by atoms with Crippen LogP contribution in [0.4, 0.5) is 0 Å². The van der Waals surface area contributed by atoms with Crippen molar-refractivity contribution in [2.45, 2.75) is 20.8 Å². The molecule has 1 heterocycles. The van der Waals surface area contributed by atoms with Gasteiger partial charge in [-0.3, -0.25) is 14.4 Å². The average molecular weight is 510 g/mol. The van der Waals surface area contributed by atoms with E-state index in [2.05, 4.69) is 4.74 Å². The Morgan fingerprint density at radius 3 is 1.97 bits per heavy atom. The molecule has 37 heavy (non-hydrogen) atoms. The SMILES string of the molecule is COC(=O)C=Cc1cc(OC(C)=O)c2oc(-c3ccc(OC(C)=O)c(OC(C)=O)c3)c(C(=O)OC)c2c1. The van der Waals surface area contributed by atoms with E-state index < -0.39 is 29.8 Å². The number of carbonyl (C=O) groups excluding carboxylic acids is 5. The van der Waals surface area contributed by atoms with Gasteiger partial charge >= 0.3 is 29.8 Å². The summed E-state index contributed by atoms with van der Waals surface area (Å²) >= 11 is 0. The molecule has 3 aromatic rings. The summed E-state index contributed by atoms with van der Waals surface area (Å²) in [6.45, 7) is 3.54. The van der Waals surface area contributed by atoms with Crippen LogP contribution in [0.5, 0.6) is 17.2 Å². The van der Waals surface area contributed by atoms with Gasteiger partial charge in [0.2, 0.25) is 0 Å². The molecule has 0 radical (unpaired) electrons. The maximum absolute atomic E-state index is 12.9. The van der Waals surface area contributed by atoms with Crippen molar-refractivity contribution in [1.82, 2.24) is 0 Å². The van der Waals surface area contributed by atoms with Crippen molar-refractivity contribution in [2.24, 2.45) is 0 Å². The van der Waals surface area contributed by atoms with E-state index in [1.165, 1.54) is 71.4 Å². The minimum Gasteiger partial charge on any atom is -0.466 e. The second-order valence-corrected chi connectivity index (χ2v) is 7.49. The lowest BCUT2D eigenvalue weighted by atomic mass is 10.0. The molecule has 0 unspecified atom stereocenters. The summed E-state index contributed by atoms with van der Waals surface area (Å²) in [6.07, 6.45) is 2.55. The normalized spacial score (nSPS) is 10.7. The van der Waals surface area contributed by atoms with E-state index in [9.17, 15) is 24.0 Å². The lowest BCUT2D eigenvalue weighted by Gasteiger charge is -2.10. The molecule has 0 amide bonds. The Balaban J connectivity index is 2.32. The van der Waals surface area contributed by atoms with Gasteiger partial charge in [-0.2, -0.15) is 0 Å². The van der Waals surface area contributed by atoms with Crippen molar-refractivity contribution >= 4 is 46.9 Å². The highest BCUT2D eigenvalue weighted by molar-refractivity contribution is 6.11. The zero-order chi connectivity index (χ0) is 27.3. The van der Waals surface area contributed by atoms with Gasteiger partial charge < -0.3 is 28.1 Å². The Morgan fingerprint density at radius 1 is 0.757 bits per heavy atom. The van der Waals surface area contributed by atoms with Gasteiger partial charge in [-0.15, -0.1) is 0 Å². The van der Waals surface area contributed by atoms with Crippen LogP contribution in [0.3, 0.4) is 0 Å². The number of esters is 5. The molecule has 0 saturated heterocycles. The van der Waals surface area contributed by atoms with Crippen LogP contribution < -0.4 is 14.2 Å². The third-order valence-corrected chi connectivity index (χ3v) is 4.75. The van der Waals surface area contributed by atoms with Gasteiger partial charge in [0.05, 0.1) is 14.2 Å². The van der Waals surface area contributed by atoms with Gasteiger partial charge in [0, 0.05) is 37.8 Å². The molecular weight excluding hydrogens is 488 g/mol. The molecule has 0 spiro atoms. The molecule has 0 atom stereocenters. The Kier molecular flexibility index (Phi) is 8.08. The van der Waals surface area contributed by atoms with Crippen LogP contribution in [0, 0.1) is 0 Å². The molecule has 0 fully saturated rings. The van der Waals surface area contributed by atoms with Crippen LogP contribution in [0.25, 0.3) is 28.4 Å². The standard InChI is InChI=1S/C26H22O11/c1-13(27)34-19-8-7-17(12-20(19)35-14(2)28)24-23(26(31)33-5)18-10-16(6-9-22(30)32-4)11-21(25(18)37-24)36-15(3)29/h6-12H,1-5H3. The van der Waals surface area contributed by atoms with Gasteiger partial charge in [-0.25, -0.2) is 9.59 Å². The molecule has 0 aliphatic heterocycles. The fourth-order valence-corrected chi connectivity index (χ4v) is 3.38. The summed E-state index contributed by atoms with van der Waals surface area (Å²) < 4.78 is 31.1. The third-order valence-electron chi connectivity index (χ3n) is 4.75. The predicted octanol–water partition coefficient (Wildman–Crippen LogP) is 3.85. The first-order valence-electron chi connectivity index (χ1n) is 10.7. The summed E-state index contributed by atoms with van der Waals surface area (Å²) in [4.78, 5) is 59.3. The van der Waals surface area contributed by atoms with Crippen LogP contribution in [0.2, 0.25) is 0 Å². The molecule has 1 aromatic heterocycles. The maximum atomic E-state index is 12.9. The summed E-state index contributed by atoms with van der Waals surface area (Å²) in [5, 5.41) is 0.211. The lowest BCUT2D eigenvalue weighted by molar-refractivity contribution is -0.135. The number of furan rings is 1. The van der Waals surface area contributed by atoms with Crippen molar-refractivity contribution in [3.05, 3.63) is 47.5 Å². The van der Waals surface area contributed by atoms with Crippen molar-refractivity contribution in [3.8, 4) is 28.6 Å². The number of hydrogen-bond acceptors (Lipinski definition) is 11. The predicted molar refractivity (Wildman–Crippen MR) is 128 cm³/mol. The summed E-state index contributed by atoms with van der Waals surface area (Å²) in [5.41, 5.74) is 0.647. The number of rotatable bonds is 7. The minimum atomic E-state index is -0.783. The van der Waals surface area contributed by atoms with Gasteiger partial charge in [0.15, 0.2) is 22.8 Å². The van der Waals surface area contributed by atoms with Crippen molar-refractivity contribution in [3.63, 3.8) is 0 Å². The molecule has 0 aliphatic rings. The highest BCUT2D eigenvalue weighted by atomic mass is 16.6. The largest absolute Gasteiger partial charge is 0.466 e. The van der Waals surface area contributed by atoms with Crippen LogP contribution in [-0.2, 0) is 28.7 Å². The van der Waals surface area contributed by atoms with Crippen LogP contribution >= 0.6 is 0 Å². The Morgan fingerprint density at radius 2 is 1.38 bits per heavy atom. The molecule has 192 valence electrons. The minimum absolute atomic E-state index is 0.00729. The number of ether oxygens (including phenoxy) is 5. The van der Waals surface area contributed by atoms with Crippen molar-refractivity contribution in [2.75, 3.05) is 14.2 Å². The molecule has 11 nitrogen and oxygen atoms in total. The highest BCUT2D eigenvalue weighted by Crippen LogP contribution is 2.42. The molecule has 0 N–H and O–H groups in total. The van der Waals surface area contributed by atoms with Crippen LogP contribution in [-0.4, -0.2) is 44.1 Å². The fourth-order valence-electron chi connectivity index (χ4n) is 3.38. The summed E-state index contributed by atoms with van der Waals surface area (Å²) in [7, 11) is 2.39. The zero-order valence-electron chi connectivity index (χ0n) is 20.5. The Bertz CT molecular complexity index is 1440. The second kappa shape index (κ2) is 11.2. The maximum Gasteiger partial charge on any atom is 0.342 e. The molecule has 0 aliphatic carbocycles. The smallest absolute Gasteiger partial charge is 0.342 e. The summed E-state index contributed by atoms with van der Waals surface area (Å²) in [6, 6.07) is 7.14. The second-order valence-electron chi connectivity index (χ2n) is 7.49. The summed E-state index contributed by atoms with van der Waals surface area (Å²) in [5.74, 6) is -3.54. The lowest BCUT2D eigenvalue weighted by Crippen LogP contribution is -2.07. The number of methoxy groups -OCH3 is 2. The van der Waals surface area contributed by atoms with Gasteiger partial charge in [0.1, 0.15) is 11.3 Å². The quantitative estimate of drug-likeness (QED) is 0.260. The molecular formula is C26H22O11. The van der Waals surface area contributed by atoms with Gasteiger partial charge in [-0.1, -0.05) is 0 Å². The Labute approximate surface area is 210 Å². The van der Waals surface area contributed by atoms with E-state index in [0.717, 1.165) is 6.08 Å². The van der Waals surface area contributed by atoms with E-state index in [1.54, 1.807) is 0 Å². The number of hydrogen-bond donors (Lipinski definition) is 0. The van der Waals surface area contributed by atoms with Crippen LogP contribution in [0.1, 0.15) is 36.7 Å². The van der Waals surface area contributed by atoms with E-state index >= 15 is 0 Å². The number of fused-ring (bicyclic) bond motifs is 1. The van der Waals surface area contributed by atoms with Gasteiger partial charge in [-0.05, 0) is 42.0 Å². The van der Waals surface area contributed by atoms with Crippen molar-refractivity contribution in [1.29, 1.82) is 0 Å². The fraction of sp³-hybridized carbons (Fsp3) is 0.192. The molecule has 3 rings (SSSR count). The Hall–Kier alpha value is -4.93. The zero-order valence-corrected chi connectivity index (χ0v) is 20.5. The van der Waals surface area contributed by atoms with Crippen molar-refractivity contribution < 1.29 is 52.1 Å². The topological polar surface area (TPSA) is 145 Å². The van der Waals surface area contributed by atoms with E-state index in [1.807, 2.05) is 0 Å². The first-order chi connectivity index (χ1) is 17.5. The number of benzene rings is 2. The first-order valence-corrected chi connectivity index (χ1v) is 10.7. The third kappa shape index (κ3) is 6.20. The average Bonchev–Trinajstić information content (AvgIpc) is 3.22. The highest BCUT2D eigenvalue weighted by Gasteiger charge is 2.27. The molecule has 0 saturated carbocycles. The van der Waals surface area contributed by atoms with Gasteiger partial charge in [0.25, 0.3) is 0 Å².